The highest BCUT2D eigenvalue weighted by atomic mass is 35.5. The smallest absolute Gasteiger partial charge is 0.292 e. The predicted octanol–water partition coefficient (Wildman–Crippen LogP) is 3.39. The lowest BCUT2D eigenvalue weighted by Crippen LogP contribution is -2.40. The van der Waals surface area contributed by atoms with Crippen molar-refractivity contribution in [1.82, 2.24) is 0 Å². The first-order valence-corrected chi connectivity index (χ1v) is 7.93. The molecule has 2 aromatic rings. The molecule has 0 radical (unpaired) electrons. The van der Waals surface area contributed by atoms with Crippen LogP contribution in [0.5, 0.6) is 0 Å². The Bertz CT molecular complexity index is 766. The summed E-state index contributed by atoms with van der Waals surface area (Å²) < 4.78 is 11.4. The van der Waals surface area contributed by atoms with Gasteiger partial charge in [-0.3, -0.25) is 4.79 Å². The average Bonchev–Trinajstić information content (AvgIpc) is 3.11. The van der Waals surface area contributed by atoms with Gasteiger partial charge in [-0.1, -0.05) is 41.4 Å². The minimum atomic E-state index is -1.33. The van der Waals surface area contributed by atoms with Gasteiger partial charge in [0.05, 0.1) is 25.4 Å². The van der Waals surface area contributed by atoms with Crippen molar-refractivity contribution < 1.29 is 14.3 Å². The number of amides is 1. The molecular formula is C18H16ClNO3. The fourth-order valence-corrected chi connectivity index (χ4v) is 3.31. The number of anilines is 1. The summed E-state index contributed by atoms with van der Waals surface area (Å²) in [6.07, 6.45) is 0. The van der Waals surface area contributed by atoms with Crippen LogP contribution in [0.1, 0.15) is 16.7 Å². The summed E-state index contributed by atoms with van der Waals surface area (Å²) >= 11 is 6.12. The van der Waals surface area contributed by atoms with Crippen LogP contribution in [0.2, 0.25) is 5.02 Å². The van der Waals surface area contributed by atoms with E-state index in [0.717, 1.165) is 11.3 Å². The Morgan fingerprint density at radius 3 is 2.52 bits per heavy atom. The summed E-state index contributed by atoms with van der Waals surface area (Å²) in [6, 6.07) is 13.5. The van der Waals surface area contributed by atoms with Gasteiger partial charge in [-0.15, -0.1) is 0 Å². The van der Waals surface area contributed by atoms with Gasteiger partial charge in [-0.25, -0.2) is 0 Å². The van der Waals surface area contributed by atoms with E-state index >= 15 is 0 Å². The monoisotopic (exact) mass is 329 g/mol. The number of carbonyl (C=O) groups is 1. The highest BCUT2D eigenvalue weighted by molar-refractivity contribution is 6.31. The summed E-state index contributed by atoms with van der Waals surface area (Å²) in [5.41, 5.74) is 3.73. The minimum Gasteiger partial charge on any atom is -0.336 e. The summed E-state index contributed by atoms with van der Waals surface area (Å²) in [4.78, 5) is 14.7. The van der Waals surface area contributed by atoms with Crippen LogP contribution in [0.3, 0.4) is 0 Å². The van der Waals surface area contributed by atoms with Crippen molar-refractivity contribution in [1.29, 1.82) is 0 Å². The van der Waals surface area contributed by atoms with E-state index in [1.54, 1.807) is 17.0 Å². The molecule has 4 rings (SSSR count). The van der Waals surface area contributed by atoms with Gasteiger partial charge < -0.3 is 14.4 Å². The van der Waals surface area contributed by atoms with E-state index in [1.165, 1.54) is 5.56 Å². The van der Waals surface area contributed by atoms with E-state index in [1.807, 2.05) is 37.3 Å². The number of ether oxygens (including phenoxy) is 2. The molecule has 0 N–H and O–H groups in total. The summed E-state index contributed by atoms with van der Waals surface area (Å²) in [5, 5.41) is 0.562. The summed E-state index contributed by atoms with van der Waals surface area (Å²) in [6.45, 7) is 3.31. The summed E-state index contributed by atoms with van der Waals surface area (Å²) in [5.74, 6) is -1.52. The molecule has 1 spiro atoms. The van der Waals surface area contributed by atoms with Gasteiger partial charge in [0.25, 0.3) is 11.7 Å². The molecule has 0 atom stereocenters. The van der Waals surface area contributed by atoms with Crippen LogP contribution in [0, 0.1) is 6.92 Å². The van der Waals surface area contributed by atoms with Crippen LogP contribution in [-0.2, 0) is 26.6 Å². The normalized spacial score (nSPS) is 18.7. The van der Waals surface area contributed by atoms with Crippen molar-refractivity contribution in [3.63, 3.8) is 0 Å². The molecule has 5 heteroatoms. The van der Waals surface area contributed by atoms with Crippen molar-refractivity contribution in [2.45, 2.75) is 19.3 Å². The molecule has 0 unspecified atom stereocenters. The molecule has 2 aliphatic heterocycles. The second-order valence-electron chi connectivity index (χ2n) is 5.85. The number of aryl methyl sites for hydroxylation is 1. The first kappa shape index (κ1) is 14.7. The number of nitrogens with zero attached hydrogens (tertiary/aromatic N) is 1. The third kappa shape index (κ3) is 2.26. The molecule has 0 aromatic heterocycles. The second-order valence-corrected chi connectivity index (χ2v) is 6.29. The zero-order chi connectivity index (χ0) is 16.0. The van der Waals surface area contributed by atoms with Gasteiger partial charge in [-0.05, 0) is 30.7 Å². The molecule has 0 aliphatic carbocycles. The lowest BCUT2D eigenvalue weighted by molar-refractivity contribution is -0.180. The Kier molecular flexibility index (Phi) is 3.41. The van der Waals surface area contributed by atoms with E-state index < -0.39 is 5.79 Å². The largest absolute Gasteiger partial charge is 0.336 e. The number of hydrogen-bond acceptors (Lipinski definition) is 3. The number of rotatable bonds is 2. The van der Waals surface area contributed by atoms with Crippen molar-refractivity contribution >= 4 is 23.2 Å². The first-order chi connectivity index (χ1) is 11.1. The average molecular weight is 330 g/mol. The maximum atomic E-state index is 13.0. The number of benzene rings is 2. The van der Waals surface area contributed by atoms with Crippen LogP contribution < -0.4 is 4.90 Å². The predicted molar refractivity (Wildman–Crippen MR) is 87.4 cm³/mol. The molecule has 2 aliphatic rings. The van der Waals surface area contributed by atoms with Gasteiger partial charge in [0.2, 0.25) is 0 Å². The van der Waals surface area contributed by atoms with Crippen molar-refractivity contribution in [3.8, 4) is 0 Å². The number of halogens is 1. The number of fused-ring (bicyclic) bond motifs is 2. The molecule has 1 fully saturated rings. The van der Waals surface area contributed by atoms with E-state index in [2.05, 4.69) is 0 Å². The van der Waals surface area contributed by atoms with Gasteiger partial charge in [0.1, 0.15) is 0 Å². The topological polar surface area (TPSA) is 38.8 Å². The van der Waals surface area contributed by atoms with Crippen LogP contribution in [0.15, 0.2) is 42.5 Å². The van der Waals surface area contributed by atoms with Crippen LogP contribution >= 0.6 is 11.6 Å². The van der Waals surface area contributed by atoms with E-state index in [-0.39, 0.29) is 5.91 Å². The fourth-order valence-electron chi connectivity index (χ4n) is 3.13. The van der Waals surface area contributed by atoms with Crippen molar-refractivity contribution in [3.05, 3.63) is 64.2 Å². The molecule has 1 saturated heterocycles. The Morgan fingerprint density at radius 2 is 1.83 bits per heavy atom. The molecule has 118 valence electrons. The Labute approximate surface area is 139 Å². The highest BCUT2D eigenvalue weighted by Crippen LogP contribution is 2.47. The molecule has 23 heavy (non-hydrogen) atoms. The zero-order valence-corrected chi connectivity index (χ0v) is 13.5. The molecule has 2 aromatic carbocycles. The Hall–Kier alpha value is -1.88. The quantitative estimate of drug-likeness (QED) is 0.847. The van der Waals surface area contributed by atoms with Crippen LogP contribution in [-0.4, -0.2) is 19.1 Å². The summed E-state index contributed by atoms with van der Waals surface area (Å²) in [7, 11) is 0. The van der Waals surface area contributed by atoms with Crippen molar-refractivity contribution in [2.24, 2.45) is 0 Å². The molecule has 1 amide bonds. The zero-order valence-electron chi connectivity index (χ0n) is 12.7. The maximum absolute atomic E-state index is 13.0. The van der Waals surface area contributed by atoms with Gasteiger partial charge in [0.15, 0.2) is 0 Å². The standard InChI is InChI=1S/C18H16ClNO3/c1-12-2-4-13(5-3-12)11-20-16-7-6-14(19)10-15(16)18(17(20)21)22-8-9-23-18/h2-7,10H,8-9,11H2,1H3. The van der Waals surface area contributed by atoms with Crippen LogP contribution in [0.25, 0.3) is 0 Å². The highest BCUT2D eigenvalue weighted by Gasteiger charge is 2.56. The van der Waals surface area contributed by atoms with Crippen molar-refractivity contribution in [2.75, 3.05) is 18.1 Å². The Balaban J connectivity index is 1.76. The molecule has 0 saturated carbocycles. The van der Waals surface area contributed by atoms with E-state index in [4.69, 9.17) is 21.1 Å². The maximum Gasteiger partial charge on any atom is 0.292 e. The van der Waals surface area contributed by atoms with Gasteiger partial charge in [0, 0.05) is 10.6 Å². The molecule has 4 nitrogen and oxygen atoms in total. The molecule has 2 heterocycles. The van der Waals surface area contributed by atoms with Crippen LogP contribution in [0.4, 0.5) is 5.69 Å². The third-order valence-electron chi connectivity index (χ3n) is 4.29. The van der Waals surface area contributed by atoms with E-state index in [0.29, 0.717) is 30.3 Å². The fraction of sp³-hybridized carbons (Fsp3) is 0.278. The second kappa shape index (κ2) is 5.34. The van der Waals surface area contributed by atoms with Gasteiger partial charge in [-0.2, -0.15) is 0 Å². The number of carbonyl (C=O) groups excluding carboxylic acids is 1. The molecular weight excluding hydrogens is 314 g/mol. The lowest BCUT2D eigenvalue weighted by atomic mass is 10.1. The van der Waals surface area contributed by atoms with Gasteiger partial charge >= 0.3 is 0 Å². The number of hydrogen-bond donors (Lipinski definition) is 0. The molecule has 0 bridgehead atoms. The first-order valence-electron chi connectivity index (χ1n) is 7.56. The Morgan fingerprint density at radius 1 is 1.13 bits per heavy atom. The lowest BCUT2D eigenvalue weighted by Gasteiger charge is -2.22. The third-order valence-corrected chi connectivity index (χ3v) is 4.52. The minimum absolute atomic E-state index is 0.187. The SMILES string of the molecule is Cc1ccc(CN2C(=O)C3(OCCO3)c3cc(Cl)ccc32)cc1. The van der Waals surface area contributed by atoms with E-state index in [9.17, 15) is 4.79 Å².